The van der Waals surface area contributed by atoms with Crippen LogP contribution in [0.25, 0.3) is 28.2 Å². The second-order valence-electron chi connectivity index (χ2n) is 6.15. The van der Waals surface area contributed by atoms with Crippen molar-refractivity contribution in [1.82, 2.24) is 24.8 Å². The van der Waals surface area contributed by atoms with Crippen LogP contribution in [0.1, 0.15) is 16.1 Å². The molecule has 0 bridgehead atoms. The van der Waals surface area contributed by atoms with E-state index < -0.39 is 0 Å². The molecule has 4 rings (SSSR count). The summed E-state index contributed by atoms with van der Waals surface area (Å²) in [5.41, 5.74) is 9.74. The minimum Gasteiger partial charge on any atom is -0.392 e. The summed E-state index contributed by atoms with van der Waals surface area (Å²) in [6.45, 7) is -0.0492. The minimum absolute atomic E-state index is 0.0492. The maximum atomic E-state index is 12.1. The van der Waals surface area contributed by atoms with Gasteiger partial charge in [0.25, 0.3) is 5.91 Å². The van der Waals surface area contributed by atoms with E-state index in [1.54, 1.807) is 31.4 Å². The lowest BCUT2D eigenvalue weighted by molar-refractivity contribution is 0.0958. The van der Waals surface area contributed by atoms with Crippen LogP contribution in [-0.4, -0.2) is 37.6 Å². The number of carbonyl (C=O) groups excluding carboxylic acids is 1. The number of rotatable bonds is 4. The molecule has 0 aliphatic heterocycles. The van der Waals surface area contributed by atoms with Gasteiger partial charge in [-0.25, -0.2) is 15.0 Å². The molecule has 28 heavy (non-hydrogen) atoms. The Balaban J connectivity index is 2.02. The lowest BCUT2D eigenvalue weighted by Crippen LogP contribution is -2.19. The average Bonchev–Trinajstić information content (AvgIpc) is 3.12. The fourth-order valence-electron chi connectivity index (χ4n) is 2.99. The summed E-state index contributed by atoms with van der Waals surface area (Å²) >= 11 is 0. The van der Waals surface area contributed by atoms with Gasteiger partial charge in [-0.2, -0.15) is 0 Å². The van der Waals surface area contributed by atoms with E-state index in [2.05, 4.69) is 20.3 Å². The van der Waals surface area contributed by atoms with Crippen LogP contribution in [0.4, 0.5) is 5.82 Å². The number of aliphatic hydroxyl groups excluding tert-OH is 1. The van der Waals surface area contributed by atoms with Crippen LogP contribution in [0.15, 0.2) is 54.7 Å². The van der Waals surface area contributed by atoms with Crippen LogP contribution in [-0.2, 0) is 6.61 Å². The molecule has 0 saturated heterocycles. The standard InChI is InChI=1S/C20H18N6O2/c1-22-20(28)16-9-8-15-19(25-16)26(13-6-4-12(11-27)5-7-13)18(24-15)14-3-2-10-23-17(14)21/h2-10,27H,11H2,1H3,(H2,21,23)(H,22,28). The van der Waals surface area contributed by atoms with Crippen molar-refractivity contribution in [2.75, 3.05) is 12.8 Å². The summed E-state index contributed by atoms with van der Waals surface area (Å²) in [6.07, 6.45) is 1.61. The monoisotopic (exact) mass is 374 g/mol. The highest BCUT2D eigenvalue weighted by atomic mass is 16.3. The predicted octanol–water partition coefficient (Wildman–Crippen LogP) is 1.92. The predicted molar refractivity (Wildman–Crippen MR) is 106 cm³/mol. The van der Waals surface area contributed by atoms with Crippen LogP contribution in [0, 0.1) is 0 Å². The molecule has 1 aromatic carbocycles. The summed E-state index contributed by atoms with van der Waals surface area (Å²) in [5.74, 6) is 0.629. The van der Waals surface area contributed by atoms with Gasteiger partial charge in [0.15, 0.2) is 11.5 Å². The van der Waals surface area contributed by atoms with Crippen LogP contribution in [0.5, 0.6) is 0 Å². The molecule has 3 aromatic heterocycles. The quantitative estimate of drug-likeness (QED) is 0.502. The first-order chi connectivity index (χ1) is 13.6. The van der Waals surface area contributed by atoms with Crippen molar-refractivity contribution in [3.63, 3.8) is 0 Å². The third kappa shape index (κ3) is 2.95. The van der Waals surface area contributed by atoms with Crippen molar-refractivity contribution in [1.29, 1.82) is 0 Å². The molecule has 3 heterocycles. The molecule has 8 nitrogen and oxygen atoms in total. The smallest absolute Gasteiger partial charge is 0.269 e. The molecule has 0 radical (unpaired) electrons. The molecule has 0 saturated carbocycles. The van der Waals surface area contributed by atoms with Gasteiger partial charge in [-0.3, -0.25) is 9.36 Å². The summed E-state index contributed by atoms with van der Waals surface area (Å²) < 4.78 is 1.83. The molecule has 0 spiro atoms. The number of imidazole rings is 1. The largest absolute Gasteiger partial charge is 0.392 e. The number of carbonyl (C=O) groups is 1. The number of amides is 1. The fraction of sp³-hybridized carbons (Fsp3) is 0.100. The Morgan fingerprint density at radius 3 is 2.61 bits per heavy atom. The molecule has 0 fully saturated rings. The van der Waals surface area contributed by atoms with Crippen molar-refractivity contribution in [2.24, 2.45) is 0 Å². The normalized spacial score (nSPS) is 10.9. The zero-order valence-corrected chi connectivity index (χ0v) is 15.1. The zero-order chi connectivity index (χ0) is 19.7. The van der Waals surface area contributed by atoms with Crippen molar-refractivity contribution >= 4 is 22.9 Å². The highest BCUT2D eigenvalue weighted by Crippen LogP contribution is 2.30. The number of aliphatic hydroxyl groups is 1. The van der Waals surface area contributed by atoms with Gasteiger partial charge < -0.3 is 16.2 Å². The van der Waals surface area contributed by atoms with Gasteiger partial charge in [-0.15, -0.1) is 0 Å². The van der Waals surface area contributed by atoms with E-state index in [1.165, 1.54) is 0 Å². The average molecular weight is 374 g/mol. The van der Waals surface area contributed by atoms with Gasteiger partial charge in [0, 0.05) is 18.9 Å². The molecule has 0 atom stereocenters. The number of fused-ring (bicyclic) bond motifs is 1. The molecular weight excluding hydrogens is 356 g/mol. The zero-order valence-electron chi connectivity index (χ0n) is 15.1. The first-order valence-electron chi connectivity index (χ1n) is 8.65. The lowest BCUT2D eigenvalue weighted by Gasteiger charge is -2.11. The number of hydrogen-bond donors (Lipinski definition) is 3. The second kappa shape index (κ2) is 7.09. The van der Waals surface area contributed by atoms with Gasteiger partial charge in [0.2, 0.25) is 0 Å². The third-order valence-corrected chi connectivity index (χ3v) is 4.42. The molecule has 1 amide bonds. The van der Waals surface area contributed by atoms with Gasteiger partial charge in [0.05, 0.1) is 12.2 Å². The number of pyridine rings is 2. The van der Waals surface area contributed by atoms with E-state index in [1.807, 2.05) is 34.9 Å². The number of nitrogens with two attached hydrogens (primary N) is 1. The topological polar surface area (TPSA) is 119 Å². The molecule has 8 heteroatoms. The Morgan fingerprint density at radius 1 is 1.14 bits per heavy atom. The number of nitrogen functional groups attached to an aromatic ring is 1. The van der Waals surface area contributed by atoms with Crippen LogP contribution >= 0.6 is 0 Å². The number of benzene rings is 1. The van der Waals surface area contributed by atoms with Gasteiger partial charge in [-0.1, -0.05) is 12.1 Å². The van der Waals surface area contributed by atoms with Crippen molar-refractivity contribution in [3.05, 3.63) is 66.0 Å². The summed E-state index contributed by atoms with van der Waals surface area (Å²) in [5, 5.41) is 11.9. The SMILES string of the molecule is CNC(=O)c1ccc2nc(-c3cccnc3N)n(-c3ccc(CO)cc3)c2n1. The molecule has 4 aromatic rings. The van der Waals surface area contributed by atoms with E-state index in [0.717, 1.165) is 11.3 Å². The summed E-state index contributed by atoms with van der Waals surface area (Å²) in [6, 6.07) is 14.4. The van der Waals surface area contributed by atoms with Crippen LogP contribution in [0.2, 0.25) is 0 Å². The third-order valence-electron chi connectivity index (χ3n) is 4.42. The van der Waals surface area contributed by atoms with Gasteiger partial charge >= 0.3 is 0 Å². The number of aromatic nitrogens is 4. The second-order valence-corrected chi connectivity index (χ2v) is 6.15. The summed E-state index contributed by atoms with van der Waals surface area (Å²) in [7, 11) is 1.56. The Hall–Kier alpha value is -3.78. The molecular formula is C20H18N6O2. The fourth-order valence-corrected chi connectivity index (χ4v) is 2.99. The minimum atomic E-state index is -0.285. The Morgan fingerprint density at radius 2 is 1.93 bits per heavy atom. The van der Waals surface area contributed by atoms with E-state index in [0.29, 0.717) is 28.4 Å². The summed E-state index contributed by atoms with van der Waals surface area (Å²) in [4.78, 5) is 25.4. The van der Waals surface area contributed by atoms with Crippen molar-refractivity contribution < 1.29 is 9.90 Å². The Kier molecular flexibility index (Phi) is 4.46. The number of hydrogen-bond acceptors (Lipinski definition) is 6. The lowest BCUT2D eigenvalue weighted by atomic mass is 10.2. The van der Waals surface area contributed by atoms with Crippen LogP contribution in [0.3, 0.4) is 0 Å². The Bertz CT molecular complexity index is 1170. The van der Waals surface area contributed by atoms with Gasteiger partial charge in [-0.05, 0) is 42.0 Å². The molecule has 140 valence electrons. The highest BCUT2D eigenvalue weighted by molar-refractivity contribution is 5.94. The maximum Gasteiger partial charge on any atom is 0.269 e. The maximum absolute atomic E-state index is 12.1. The van der Waals surface area contributed by atoms with E-state index in [-0.39, 0.29) is 18.2 Å². The highest BCUT2D eigenvalue weighted by Gasteiger charge is 2.19. The van der Waals surface area contributed by atoms with Crippen LogP contribution < -0.4 is 11.1 Å². The van der Waals surface area contributed by atoms with E-state index in [9.17, 15) is 9.90 Å². The van der Waals surface area contributed by atoms with Gasteiger partial charge in [0.1, 0.15) is 17.0 Å². The van der Waals surface area contributed by atoms with E-state index in [4.69, 9.17) is 5.73 Å². The molecule has 0 aliphatic carbocycles. The molecule has 4 N–H and O–H groups in total. The molecule has 0 unspecified atom stereocenters. The Labute approximate surface area is 160 Å². The first-order valence-corrected chi connectivity index (χ1v) is 8.65. The van der Waals surface area contributed by atoms with Crippen molar-refractivity contribution in [3.8, 4) is 17.1 Å². The molecule has 0 aliphatic rings. The van der Waals surface area contributed by atoms with Crippen molar-refractivity contribution in [2.45, 2.75) is 6.61 Å². The first kappa shape index (κ1) is 17.6. The number of nitrogens with one attached hydrogen (secondary N) is 1. The number of anilines is 1. The van der Waals surface area contributed by atoms with E-state index >= 15 is 0 Å². The number of nitrogens with zero attached hydrogens (tertiary/aromatic N) is 4.